The highest BCUT2D eigenvalue weighted by atomic mass is 35.5. The lowest BCUT2D eigenvalue weighted by molar-refractivity contribution is 0.0453. The lowest BCUT2D eigenvalue weighted by Gasteiger charge is -2.19. The van der Waals surface area contributed by atoms with E-state index >= 15 is 0 Å². The quantitative estimate of drug-likeness (QED) is 0.742. The van der Waals surface area contributed by atoms with E-state index in [1.165, 1.54) is 5.54 Å². The van der Waals surface area contributed by atoms with Crippen molar-refractivity contribution in [1.29, 1.82) is 0 Å². The Hall–Kier alpha value is 0.200. The maximum Gasteiger partial charge on any atom is 0.0900 e. The van der Waals surface area contributed by atoms with Crippen molar-refractivity contribution < 1.29 is 9.84 Å². The lowest BCUT2D eigenvalue weighted by Crippen LogP contribution is -2.32. The Balaban J connectivity index is 3.67. The molecule has 0 bridgehead atoms. The van der Waals surface area contributed by atoms with Crippen LogP contribution in [-0.2, 0) is 4.74 Å². The van der Waals surface area contributed by atoms with Crippen LogP contribution < -0.4 is 0 Å². The molecule has 0 saturated heterocycles. The predicted octanol–water partition coefficient (Wildman–Crippen LogP) is 1.24. The zero-order valence-corrected chi connectivity index (χ0v) is 9.35. The van der Waals surface area contributed by atoms with Crippen LogP contribution in [0.25, 0.3) is 0 Å². The summed E-state index contributed by atoms with van der Waals surface area (Å²) in [6.45, 7) is 1.37. The van der Waals surface area contributed by atoms with Crippen molar-refractivity contribution in [3.8, 4) is 0 Å². The van der Waals surface area contributed by atoms with E-state index in [0.717, 1.165) is 0 Å². The van der Waals surface area contributed by atoms with Crippen molar-refractivity contribution in [3.05, 3.63) is 10.6 Å². The zero-order valence-electron chi connectivity index (χ0n) is 7.83. The van der Waals surface area contributed by atoms with Gasteiger partial charge in [0.25, 0.3) is 0 Å². The number of likely N-dealkylation sites (N-methyl/N-ethyl adjacent to an activating group) is 1. The van der Waals surface area contributed by atoms with E-state index in [0.29, 0.717) is 24.7 Å². The van der Waals surface area contributed by atoms with Gasteiger partial charge in [-0.2, -0.15) is 0 Å². The molecule has 0 rings (SSSR count). The number of halogens is 2. The van der Waals surface area contributed by atoms with E-state index in [9.17, 15) is 5.11 Å². The van der Waals surface area contributed by atoms with Gasteiger partial charge in [0, 0.05) is 30.8 Å². The highest BCUT2D eigenvalue weighted by Crippen LogP contribution is 2.05. The Kier molecular flexibility index (Phi) is 7.71. The summed E-state index contributed by atoms with van der Waals surface area (Å²) in [5.41, 5.74) is 1.32. The standard InChI is InChI=1S/C8H15Cl2NO2/c1-11(4-7(10)3-9)5-8(12)6-13-2/h3,8,12H,4-6H2,1-2H3. The van der Waals surface area contributed by atoms with Gasteiger partial charge in [0.05, 0.1) is 12.7 Å². The van der Waals surface area contributed by atoms with Crippen LogP contribution in [0.2, 0.25) is 0 Å². The first-order valence-corrected chi connectivity index (χ1v) is 4.72. The maximum absolute atomic E-state index is 9.34. The van der Waals surface area contributed by atoms with Gasteiger partial charge in [-0.1, -0.05) is 23.2 Å². The third-order valence-electron chi connectivity index (χ3n) is 1.42. The molecule has 0 aromatic heterocycles. The molecule has 0 aromatic carbocycles. The van der Waals surface area contributed by atoms with Crippen LogP contribution in [0.3, 0.4) is 0 Å². The van der Waals surface area contributed by atoms with Gasteiger partial charge < -0.3 is 9.84 Å². The van der Waals surface area contributed by atoms with Crippen molar-refractivity contribution in [2.75, 3.05) is 33.9 Å². The van der Waals surface area contributed by atoms with Crippen LogP contribution in [0.15, 0.2) is 10.6 Å². The van der Waals surface area contributed by atoms with Crippen molar-refractivity contribution in [1.82, 2.24) is 4.90 Å². The van der Waals surface area contributed by atoms with Crippen LogP contribution in [0, 0.1) is 0 Å². The van der Waals surface area contributed by atoms with Crippen LogP contribution in [-0.4, -0.2) is 50.0 Å². The second kappa shape index (κ2) is 7.59. The third-order valence-corrected chi connectivity index (χ3v) is 2.02. The van der Waals surface area contributed by atoms with Gasteiger partial charge in [-0.05, 0) is 7.05 Å². The fourth-order valence-corrected chi connectivity index (χ4v) is 1.23. The average molecular weight is 228 g/mol. The number of aliphatic hydroxyl groups is 1. The molecule has 1 N–H and O–H groups in total. The molecule has 78 valence electrons. The molecule has 0 aromatic rings. The molecular weight excluding hydrogens is 213 g/mol. The highest BCUT2D eigenvalue weighted by Gasteiger charge is 2.08. The summed E-state index contributed by atoms with van der Waals surface area (Å²) in [6.07, 6.45) is -0.491. The molecule has 0 radical (unpaired) electrons. The Bertz CT molecular complexity index is 164. The van der Waals surface area contributed by atoms with Gasteiger partial charge in [0.1, 0.15) is 0 Å². The number of hydrogen-bond acceptors (Lipinski definition) is 3. The topological polar surface area (TPSA) is 32.7 Å². The summed E-state index contributed by atoms with van der Waals surface area (Å²) < 4.78 is 4.79. The van der Waals surface area contributed by atoms with Crippen LogP contribution in [0.1, 0.15) is 0 Å². The minimum absolute atomic E-state index is 0.326. The van der Waals surface area contributed by atoms with E-state index in [1.54, 1.807) is 7.11 Å². The van der Waals surface area contributed by atoms with Gasteiger partial charge in [-0.3, -0.25) is 4.90 Å². The molecule has 0 spiro atoms. The highest BCUT2D eigenvalue weighted by molar-refractivity contribution is 6.36. The normalized spacial score (nSPS) is 15.1. The first-order valence-electron chi connectivity index (χ1n) is 3.90. The van der Waals surface area contributed by atoms with E-state index in [2.05, 4.69) is 0 Å². The Labute approximate surface area is 88.9 Å². The van der Waals surface area contributed by atoms with Gasteiger partial charge in [0.2, 0.25) is 0 Å². The van der Waals surface area contributed by atoms with Gasteiger partial charge >= 0.3 is 0 Å². The molecule has 0 aliphatic rings. The first-order chi connectivity index (χ1) is 6.10. The van der Waals surface area contributed by atoms with Crippen molar-refractivity contribution in [2.45, 2.75) is 6.10 Å². The van der Waals surface area contributed by atoms with E-state index in [1.807, 2.05) is 11.9 Å². The molecule has 1 unspecified atom stereocenters. The SMILES string of the molecule is COCC(O)CN(C)CC(Cl)=CCl. The molecule has 0 aliphatic heterocycles. The number of rotatable bonds is 6. The molecular formula is C8H15Cl2NO2. The van der Waals surface area contributed by atoms with Gasteiger partial charge in [0.15, 0.2) is 0 Å². The molecule has 0 saturated carbocycles. The van der Waals surface area contributed by atoms with E-state index < -0.39 is 6.10 Å². The van der Waals surface area contributed by atoms with Crippen molar-refractivity contribution in [2.24, 2.45) is 0 Å². The minimum atomic E-state index is -0.491. The molecule has 3 nitrogen and oxygen atoms in total. The minimum Gasteiger partial charge on any atom is -0.389 e. The number of hydrogen-bond donors (Lipinski definition) is 1. The van der Waals surface area contributed by atoms with Gasteiger partial charge in [-0.25, -0.2) is 0 Å². The van der Waals surface area contributed by atoms with Crippen molar-refractivity contribution in [3.63, 3.8) is 0 Å². The number of methoxy groups -OCH3 is 1. The van der Waals surface area contributed by atoms with Gasteiger partial charge in [-0.15, -0.1) is 0 Å². The van der Waals surface area contributed by atoms with Crippen LogP contribution >= 0.6 is 23.2 Å². The maximum atomic E-state index is 9.34. The molecule has 1 atom stereocenters. The van der Waals surface area contributed by atoms with E-state index in [-0.39, 0.29) is 0 Å². The number of ether oxygens (including phenoxy) is 1. The fraction of sp³-hybridized carbons (Fsp3) is 0.750. The summed E-state index contributed by atoms with van der Waals surface area (Å²) in [7, 11) is 3.40. The van der Waals surface area contributed by atoms with Crippen molar-refractivity contribution >= 4 is 23.2 Å². The average Bonchev–Trinajstić information content (AvgIpc) is 2.04. The first kappa shape index (κ1) is 13.2. The second-order valence-corrected chi connectivity index (χ2v) is 3.57. The zero-order chi connectivity index (χ0) is 10.3. The molecule has 0 amide bonds. The summed E-state index contributed by atoms with van der Waals surface area (Å²) >= 11 is 11.1. The predicted molar refractivity (Wildman–Crippen MR) is 55.2 cm³/mol. The Morgan fingerprint density at radius 1 is 1.69 bits per heavy atom. The molecule has 0 heterocycles. The third kappa shape index (κ3) is 7.28. The lowest BCUT2D eigenvalue weighted by atomic mass is 10.3. The summed E-state index contributed by atoms with van der Waals surface area (Å²) in [5.74, 6) is 0. The molecule has 0 fully saturated rings. The Morgan fingerprint density at radius 3 is 2.77 bits per heavy atom. The molecule has 13 heavy (non-hydrogen) atoms. The smallest absolute Gasteiger partial charge is 0.0900 e. The summed E-state index contributed by atoms with van der Waals surface area (Å²) in [5, 5.41) is 9.89. The number of nitrogens with zero attached hydrogens (tertiary/aromatic N) is 1. The summed E-state index contributed by atoms with van der Waals surface area (Å²) in [6, 6.07) is 0. The van der Waals surface area contributed by atoms with E-state index in [4.69, 9.17) is 27.9 Å². The second-order valence-electron chi connectivity index (χ2n) is 2.86. The molecule has 5 heteroatoms. The summed E-state index contributed by atoms with van der Waals surface area (Å²) in [4.78, 5) is 1.87. The number of aliphatic hydroxyl groups excluding tert-OH is 1. The molecule has 0 aliphatic carbocycles. The van der Waals surface area contributed by atoms with Crippen LogP contribution in [0.5, 0.6) is 0 Å². The fourth-order valence-electron chi connectivity index (χ4n) is 0.962. The Morgan fingerprint density at radius 2 is 2.31 bits per heavy atom. The monoisotopic (exact) mass is 227 g/mol. The van der Waals surface area contributed by atoms with Crippen LogP contribution in [0.4, 0.5) is 0 Å². The largest absolute Gasteiger partial charge is 0.389 e.